The monoisotopic (exact) mass is 421 g/mol. The summed E-state index contributed by atoms with van der Waals surface area (Å²) in [7, 11) is 0. The van der Waals surface area contributed by atoms with Crippen LogP contribution in [0, 0.1) is 5.82 Å². The summed E-state index contributed by atoms with van der Waals surface area (Å²) >= 11 is 0. The molecular weight excluding hydrogens is 393 g/mol. The molecule has 164 valence electrons. The minimum absolute atomic E-state index is 0.0354. The van der Waals surface area contributed by atoms with E-state index in [1.165, 1.54) is 17.1 Å². The molecule has 0 bridgehead atoms. The molecule has 0 radical (unpaired) electrons. The van der Waals surface area contributed by atoms with Gasteiger partial charge in [-0.05, 0) is 45.2 Å². The zero-order chi connectivity index (χ0) is 21.8. The Morgan fingerprint density at radius 3 is 2.60 bits per heavy atom. The Balaban J connectivity index is 2.03. The average molecular weight is 421 g/mol. The number of hydrogen-bond donors (Lipinski definition) is 2. The van der Waals surface area contributed by atoms with Crippen LogP contribution in [0.5, 0.6) is 0 Å². The Hall–Kier alpha value is -2.84. The lowest BCUT2D eigenvalue weighted by Gasteiger charge is -2.25. The van der Waals surface area contributed by atoms with Crippen LogP contribution >= 0.6 is 0 Å². The molecule has 0 amide bonds. The third-order valence-electron chi connectivity index (χ3n) is 5.38. The highest BCUT2D eigenvalue weighted by Gasteiger charge is 2.20. The zero-order valence-corrected chi connectivity index (χ0v) is 17.3. The highest BCUT2D eigenvalue weighted by atomic mass is 19.1. The molecule has 0 aliphatic heterocycles. The smallest absolute Gasteiger partial charge is 0.365 e. The van der Waals surface area contributed by atoms with Gasteiger partial charge in [-0.2, -0.15) is 0 Å². The zero-order valence-electron chi connectivity index (χ0n) is 17.3. The number of nitrogens with zero attached hydrogens (tertiary/aromatic N) is 2. The van der Waals surface area contributed by atoms with E-state index in [0.717, 1.165) is 31.7 Å². The molecule has 1 saturated carbocycles. The van der Waals surface area contributed by atoms with Gasteiger partial charge in [0.15, 0.2) is 0 Å². The fourth-order valence-corrected chi connectivity index (χ4v) is 3.90. The summed E-state index contributed by atoms with van der Waals surface area (Å²) < 4.78 is 16.8. The van der Waals surface area contributed by atoms with Crippen molar-refractivity contribution in [1.29, 1.82) is 0 Å². The number of carboxylic acid groups (broad SMARTS) is 1. The van der Waals surface area contributed by atoms with Crippen molar-refractivity contribution >= 4 is 22.6 Å². The van der Waals surface area contributed by atoms with Gasteiger partial charge in [0.25, 0.3) is 5.56 Å². The van der Waals surface area contributed by atoms with Crippen molar-refractivity contribution < 1.29 is 19.1 Å². The summed E-state index contributed by atoms with van der Waals surface area (Å²) in [6.45, 7) is 3.46. The van der Waals surface area contributed by atoms with Crippen LogP contribution in [0.4, 0.5) is 10.1 Å². The summed E-state index contributed by atoms with van der Waals surface area (Å²) in [4.78, 5) is 41.7. The number of aromatic nitrogens is 2. The molecule has 0 unspecified atom stereocenters. The summed E-state index contributed by atoms with van der Waals surface area (Å²) in [5.41, 5.74) is -0.814. The van der Waals surface area contributed by atoms with Crippen LogP contribution in [-0.2, 0) is 4.79 Å². The minimum atomic E-state index is -0.996. The quantitative estimate of drug-likeness (QED) is 0.636. The van der Waals surface area contributed by atoms with Gasteiger partial charge in [0.1, 0.15) is 12.4 Å². The van der Waals surface area contributed by atoms with Crippen molar-refractivity contribution in [3.63, 3.8) is 0 Å². The third-order valence-corrected chi connectivity index (χ3v) is 5.38. The second kappa shape index (κ2) is 9.32. The molecule has 30 heavy (non-hydrogen) atoms. The predicted molar refractivity (Wildman–Crippen MR) is 112 cm³/mol. The number of nitrogens with one attached hydrogen (secondary N) is 1. The molecule has 0 atom stereocenters. The maximum absolute atomic E-state index is 14.8. The van der Waals surface area contributed by atoms with Crippen LogP contribution in [0.1, 0.15) is 64.8 Å². The molecular formula is C21H28FN3O5. The van der Waals surface area contributed by atoms with Gasteiger partial charge in [0.05, 0.1) is 16.6 Å². The Morgan fingerprint density at radius 1 is 1.27 bits per heavy atom. The van der Waals surface area contributed by atoms with Crippen molar-refractivity contribution in [2.45, 2.75) is 70.9 Å². The van der Waals surface area contributed by atoms with Crippen LogP contribution < -0.4 is 21.4 Å². The molecule has 1 fully saturated rings. The number of carboxylic acids is 1. The first kappa shape index (κ1) is 21.9. The first-order valence-corrected chi connectivity index (χ1v) is 10.4. The molecule has 9 heteroatoms. The van der Waals surface area contributed by atoms with E-state index in [2.05, 4.69) is 5.32 Å². The average Bonchev–Trinajstić information content (AvgIpc) is 2.69. The minimum Gasteiger partial charge on any atom is -0.481 e. The number of carbonyl (C=O) groups is 1. The van der Waals surface area contributed by atoms with Crippen LogP contribution in [0.2, 0.25) is 0 Å². The van der Waals surface area contributed by atoms with Crippen LogP contribution in [0.15, 0.2) is 21.7 Å². The summed E-state index contributed by atoms with van der Waals surface area (Å²) in [6, 6.07) is 2.53. The molecule has 3 rings (SSSR count). The molecule has 1 aromatic heterocycles. The number of benzene rings is 1. The molecule has 1 aromatic carbocycles. The number of anilines is 1. The number of hydrogen-bond acceptors (Lipinski definition) is 5. The van der Waals surface area contributed by atoms with Crippen LogP contribution in [0.3, 0.4) is 0 Å². The maximum atomic E-state index is 14.8. The molecule has 1 aliphatic carbocycles. The van der Waals surface area contributed by atoms with Gasteiger partial charge >= 0.3 is 11.7 Å². The molecule has 2 N–H and O–H groups in total. The second-order valence-electron chi connectivity index (χ2n) is 8.00. The Morgan fingerprint density at radius 2 is 1.97 bits per heavy atom. The van der Waals surface area contributed by atoms with Crippen LogP contribution in [0.25, 0.3) is 10.9 Å². The van der Waals surface area contributed by atoms with E-state index in [1.807, 2.05) is 0 Å². The highest BCUT2D eigenvalue weighted by Crippen LogP contribution is 2.26. The van der Waals surface area contributed by atoms with Gasteiger partial charge < -0.3 is 15.3 Å². The number of halogens is 1. The number of aliphatic carboxylic acids is 1. The van der Waals surface area contributed by atoms with Crippen molar-refractivity contribution in [3.05, 3.63) is 38.8 Å². The lowest BCUT2D eigenvalue weighted by molar-refractivity contribution is -0.137. The molecule has 1 heterocycles. The van der Waals surface area contributed by atoms with Crippen LogP contribution in [-0.4, -0.2) is 33.0 Å². The first-order valence-electron chi connectivity index (χ1n) is 10.4. The normalized spacial score (nSPS) is 14.9. The lowest BCUT2D eigenvalue weighted by Crippen LogP contribution is -2.44. The first-order chi connectivity index (χ1) is 14.3. The summed E-state index contributed by atoms with van der Waals surface area (Å²) in [5.74, 6) is -1.55. The standard InChI is InChI=1S/C21H28FN3O5/c1-13(2)24-18-12-17(23-14-7-4-3-5-8-14)16(22)11-15(18)20(28)25(21(24)29)30-10-6-9-19(26)27/h11-14,23H,3-10H2,1-2H3,(H,26,27). The fraction of sp³-hybridized carbons (Fsp3) is 0.571. The van der Waals surface area contributed by atoms with Gasteiger partial charge in [-0.15, -0.1) is 0 Å². The van der Waals surface area contributed by atoms with Gasteiger partial charge in [-0.3, -0.25) is 14.2 Å². The van der Waals surface area contributed by atoms with Gasteiger partial charge in [-0.1, -0.05) is 24.0 Å². The topological polar surface area (TPSA) is 103 Å². The van der Waals surface area contributed by atoms with Gasteiger partial charge in [-0.25, -0.2) is 9.18 Å². The Bertz CT molecular complexity index is 1040. The van der Waals surface area contributed by atoms with E-state index < -0.39 is 23.0 Å². The van der Waals surface area contributed by atoms with E-state index >= 15 is 0 Å². The highest BCUT2D eigenvalue weighted by molar-refractivity contribution is 5.82. The molecule has 8 nitrogen and oxygen atoms in total. The number of rotatable bonds is 8. The van der Waals surface area contributed by atoms with E-state index in [-0.39, 0.29) is 42.6 Å². The predicted octanol–water partition coefficient (Wildman–Crippen LogP) is 2.92. The molecule has 0 saturated heterocycles. The largest absolute Gasteiger partial charge is 0.481 e. The summed E-state index contributed by atoms with van der Waals surface area (Å²) in [5, 5.41) is 12.0. The Labute approximate surface area is 173 Å². The summed E-state index contributed by atoms with van der Waals surface area (Å²) in [6.07, 6.45) is 5.27. The second-order valence-corrected chi connectivity index (χ2v) is 8.00. The van der Waals surface area contributed by atoms with E-state index in [0.29, 0.717) is 10.2 Å². The molecule has 2 aromatic rings. The van der Waals surface area contributed by atoms with Crippen molar-refractivity contribution in [1.82, 2.24) is 9.30 Å². The van der Waals surface area contributed by atoms with Gasteiger partial charge in [0.2, 0.25) is 0 Å². The number of fused-ring (bicyclic) bond motifs is 1. The van der Waals surface area contributed by atoms with E-state index in [9.17, 15) is 18.8 Å². The van der Waals surface area contributed by atoms with Crippen molar-refractivity contribution in [2.24, 2.45) is 0 Å². The van der Waals surface area contributed by atoms with E-state index in [1.54, 1.807) is 13.8 Å². The molecule has 0 spiro atoms. The third kappa shape index (κ3) is 4.66. The molecule has 1 aliphatic rings. The SMILES string of the molecule is CC(C)n1c(=O)n(OCCCC(=O)O)c(=O)c2cc(F)c(NC3CCCCC3)cc21. The van der Waals surface area contributed by atoms with Gasteiger partial charge in [0, 0.05) is 18.5 Å². The van der Waals surface area contributed by atoms with Crippen molar-refractivity contribution in [3.8, 4) is 0 Å². The lowest BCUT2D eigenvalue weighted by atomic mass is 9.95. The Kier molecular flexibility index (Phi) is 6.79. The maximum Gasteiger partial charge on any atom is 0.365 e. The van der Waals surface area contributed by atoms with E-state index in [4.69, 9.17) is 9.94 Å². The van der Waals surface area contributed by atoms with Crippen molar-refractivity contribution in [2.75, 3.05) is 11.9 Å². The fourth-order valence-electron chi connectivity index (χ4n) is 3.90.